The minimum atomic E-state index is -0.720. The normalized spacial score (nSPS) is 37.7. The van der Waals surface area contributed by atoms with E-state index in [4.69, 9.17) is 19.0 Å². The summed E-state index contributed by atoms with van der Waals surface area (Å²) < 4.78 is 18.7. The van der Waals surface area contributed by atoms with Crippen LogP contribution in [0.4, 0.5) is 0 Å². The Morgan fingerprint density at radius 3 is 2.57 bits per heavy atom. The van der Waals surface area contributed by atoms with Gasteiger partial charge in [-0.3, -0.25) is 9.63 Å². The van der Waals surface area contributed by atoms with E-state index in [-0.39, 0.29) is 36.3 Å². The molecular weight excluding hydrogens is 384 g/mol. The molecule has 4 aliphatic rings. The molecule has 2 bridgehead atoms. The van der Waals surface area contributed by atoms with Crippen LogP contribution in [-0.4, -0.2) is 64.9 Å². The maximum absolute atomic E-state index is 13.4. The zero-order valence-electron chi connectivity index (χ0n) is 18.4. The van der Waals surface area contributed by atoms with Crippen molar-refractivity contribution in [2.45, 2.75) is 90.1 Å². The van der Waals surface area contributed by atoms with E-state index in [1.54, 1.807) is 0 Å². The van der Waals surface area contributed by atoms with Gasteiger partial charge >= 0.3 is 0 Å². The third kappa shape index (κ3) is 3.46. The number of hydrogen-bond donors (Lipinski definition) is 0. The number of amides is 1. The first-order valence-corrected chi connectivity index (χ1v) is 10.9. The van der Waals surface area contributed by atoms with Crippen molar-refractivity contribution < 1.29 is 23.8 Å². The molecule has 6 atom stereocenters. The summed E-state index contributed by atoms with van der Waals surface area (Å²) in [5, 5.41) is 2.04. The number of benzene rings is 1. The summed E-state index contributed by atoms with van der Waals surface area (Å²) in [6, 6.07) is 10.1. The van der Waals surface area contributed by atoms with Gasteiger partial charge in [-0.2, -0.15) is 5.06 Å². The zero-order chi connectivity index (χ0) is 21.3. The number of carbonyl (C=O) groups excluding carboxylic acids is 1. The molecule has 1 aromatic carbocycles. The van der Waals surface area contributed by atoms with Gasteiger partial charge in [0, 0.05) is 18.5 Å². The van der Waals surface area contributed by atoms with Crippen molar-refractivity contribution in [2.75, 3.05) is 6.54 Å². The van der Waals surface area contributed by atoms with Crippen molar-refractivity contribution >= 4 is 5.91 Å². The first-order valence-electron chi connectivity index (χ1n) is 10.9. The molecule has 5 rings (SSSR count). The Kier molecular flexibility index (Phi) is 4.76. The number of hydroxylamine groups is 2. The van der Waals surface area contributed by atoms with E-state index in [1.807, 2.05) is 62.8 Å². The molecule has 1 aromatic rings. The number of nitrogens with zero attached hydrogens (tertiary/aromatic N) is 2. The largest absolute Gasteiger partial charge is 0.342 e. The standard InChI is InChI=1S/C23H32N2O5/c1-22(2,3)21(26)24-13-15-11-16(25(30-15)12-14-9-7-6-8-10-14)18-17(24)19-20(27-18)29-23(4,5)28-19/h6-10,15-20H,11-13H2,1-5H3/t15-,16+,17-,18-,19+,20+/m0/s1. The molecule has 0 aromatic heterocycles. The van der Waals surface area contributed by atoms with Crippen LogP contribution in [0.25, 0.3) is 0 Å². The Morgan fingerprint density at radius 2 is 1.87 bits per heavy atom. The fourth-order valence-electron chi connectivity index (χ4n) is 5.20. The molecular formula is C23H32N2O5. The van der Waals surface area contributed by atoms with Gasteiger partial charge in [-0.25, -0.2) is 0 Å². The van der Waals surface area contributed by atoms with Crippen LogP contribution in [0.3, 0.4) is 0 Å². The van der Waals surface area contributed by atoms with E-state index in [2.05, 4.69) is 12.1 Å². The number of fused-ring (bicyclic) bond motifs is 6. The SMILES string of the molecule is CC1(C)O[C@H]2O[C@@H]3[C@@H]([C@H]2O1)N(C(=O)C(C)(C)C)C[C@@H]1C[C@H]3N(Cc2ccccc2)O1. The Bertz CT molecular complexity index is 808. The van der Waals surface area contributed by atoms with Gasteiger partial charge in [-0.15, -0.1) is 0 Å². The number of carbonyl (C=O) groups is 1. The lowest BCUT2D eigenvalue weighted by molar-refractivity contribution is -0.243. The quantitative estimate of drug-likeness (QED) is 0.739. The summed E-state index contributed by atoms with van der Waals surface area (Å²) in [7, 11) is 0. The van der Waals surface area contributed by atoms with Crippen LogP contribution < -0.4 is 0 Å². The van der Waals surface area contributed by atoms with Crippen molar-refractivity contribution in [3.05, 3.63) is 35.9 Å². The van der Waals surface area contributed by atoms with Crippen LogP contribution in [0.2, 0.25) is 0 Å². The van der Waals surface area contributed by atoms with Crippen molar-refractivity contribution in [2.24, 2.45) is 5.41 Å². The van der Waals surface area contributed by atoms with Gasteiger partial charge < -0.3 is 19.1 Å². The molecule has 1 amide bonds. The molecule has 0 N–H and O–H groups in total. The predicted octanol–water partition coefficient (Wildman–Crippen LogP) is 2.69. The molecule has 0 saturated carbocycles. The maximum atomic E-state index is 13.4. The van der Waals surface area contributed by atoms with E-state index in [9.17, 15) is 4.79 Å². The molecule has 4 aliphatic heterocycles. The highest BCUT2D eigenvalue weighted by Crippen LogP contribution is 2.46. The number of rotatable bonds is 2. The van der Waals surface area contributed by atoms with Gasteiger partial charge in [0.15, 0.2) is 12.1 Å². The van der Waals surface area contributed by atoms with E-state index in [1.165, 1.54) is 5.56 Å². The van der Waals surface area contributed by atoms with Gasteiger partial charge in [-0.1, -0.05) is 51.1 Å². The van der Waals surface area contributed by atoms with Gasteiger partial charge in [0.05, 0.1) is 18.2 Å². The molecule has 4 fully saturated rings. The van der Waals surface area contributed by atoms with Crippen molar-refractivity contribution in [1.29, 1.82) is 0 Å². The van der Waals surface area contributed by atoms with Crippen LogP contribution in [0.15, 0.2) is 30.3 Å². The number of likely N-dealkylation sites (tertiary alicyclic amines) is 1. The van der Waals surface area contributed by atoms with E-state index < -0.39 is 17.5 Å². The Hall–Kier alpha value is -1.51. The number of hydrogen-bond acceptors (Lipinski definition) is 6. The minimum absolute atomic E-state index is 0.0406. The Labute approximate surface area is 178 Å². The molecule has 0 radical (unpaired) electrons. The second kappa shape index (κ2) is 7.00. The average molecular weight is 417 g/mol. The lowest BCUT2D eigenvalue weighted by Gasteiger charge is -2.41. The van der Waals surface area contributed by atoms with Crippen molar-refractivity contribution in [3.63, 3.8) is 0 Å². The zero-order valence-corrected chi connectivity index (χ0v) is 18.4. The molecule has 7 nitrogen and oxygen atoms in total. The molecule has 164 valence electrons. The molecule has 0 aliphatic carbocycles. The first-order chi connectivity index (χ1) is 14.1. The van der Waals surface area contributed by atoms with Crippen LogP contribution >= 0.6 is 0 Å². The topological polar surface area (TPSA) is 60.5 Å². The highest BCUT2D eigenvalue weighted by Gasteiger charge is 2.63. The van der Waals surface area contributed by atoms with Crippen molar-refractivity contribution in [3.8, 4) is 0 Å². The smallest absolute Gasteiger partial charge is 0.228 e. The third-order valence-corrected chi connectivity index (χ3v) is 6.43. The highest BCUT2D eigenvalue weighted by atomic mass is 16.8. The van der Waals surface area contributed by atoms with Gasteiger partial charge in [0.1, 0.15) is 12.2 Å². The summed E-state index contributed by atoms with van der Waals surface area (Å²) in [5.41, 5.74) is 0.694. The highest BCUT2D eigenvalue weighted by molar-refractivity contribution is 5.82. The Morgan fingerprint density at radius 1 is 1.13 bits per heavy atom. The summed E-state index contributed by atoms with van der Waals surface area (Å²) in [6.45, 7) is 10.9. The number of ether oxygens (including phenoxy) is 3. The summed E-state index contributed by atoms with van der Waals surface area (Å²) in [4.78, 5) is 21.7. The van der Waals surface area contributed by atoms with E-state index in [0.29, 0.717) is 13.1 Å². The molecule has 4 saturated heterocycles. The van der Waals surface area contributed by atoms with Gasteiger partial charge in [0.2, 0.25) is 5.91 Å². The van der Waals surface area contributed by atoms with E-state index >= 15 is 0 Å². The average Bonchev–Trinajstić information content (AvgIpc) is 3.24. The van der Waals surface area contributed by atoms with Crippen LogP contribution in [0.5, 0.6) is 0 Å². The minimum Gasteiger partial charge on any atom is -0.342 e. The molecule has 30 heavy (non-hydrogen) atoms. The van der Waals surface area contributed by atoms with Gasteiger partial charge in [0.25, 0.3) is 0 Å². The lowest BCUT2D eigenvalue weighted by atomic mass is 9.92. The second-order valence-electron chi connectivity index (χ2n) is 10.4. The van der Waals surface area contributed by atoms with E-state index in [0.717, 1.165) is 6.42 Å². The molecule has 0 unspecified atom stereocenters. The summed E-state index contributed by atoms with van der Waals surface area (Å²) >= 11 is 0. The van der Waals surface area contributed by atoms with Crippen LogP contribution in [0.1, 0.15) is 46.6 Å². The molecule has 4 heterocycles. The van der Waals surface area contributed by atoms with Crippen LogP contribution in [0, 0.1) is 5.41 Å². The summed E-state index contributed by atoms with van der Waals surface area (Å²) in [6.07, 6.45) is -0.216. The first kappa shape index (κ1) is 20.4. The molecule has 7 heteroatoms. The van der Waals surface area contributed by atoms with Crippen LogP contribution in [-0.2, 0) is 30.4 Å². The van der Waals surface area contributed by atoms with Gasteiger partial charge in [-0.05, 0) is 25.8 Å². The lowest BCUT2D eigenvalue weighted by Crippen LogP contribution is -2.58. The third-order valence-electron chi connectivity index (χ3n) is 6.43. The Balaban J connectivity index is 1.46. The monoisotopic (exact) mass is 416 g/mol. The van der Waals surface area contributed by atoms with Crippen molar-refractivity contribution in [1.82, 2.24) is 9.96 Å². The maximum Gasteiger partial charge on any atom is 0.228 e. The second-order valence-corrected chi connectivity index (χ2v) is 10.4. The molecule has 0 spiro atoms. The fourth-order valence-corrected chi connectivity index (χ4v) is 5.20. The predicted molar refractivity (Wildman–Crippen MR) is 109 cm³/mol. The fraction of sp³-hybridized carbons (Fsp3) is 0.696. The summed E-state index contributed by atoms with van der Waals surface area (Å²) in [5.74, 6) is -0.622.